The van der Waals surface area contributed by atoms with Crippen molar-refractivity contribution in [1.29, 1.82) is 0 Å². The fraction of sp³-hybridized carbons (Fsp3) is 0.182. The maximum Gasteiger partial charge on any atom is 0.257 e. The highest BCUT2D eigenvalue weighted by atomic mass is 16.5. The third-order valence-electron chi connectivity index (χ3n) is 4.85. The lowest BCUT2D eigenvalue weighted by atomic mass is 10.0. The zero-order chi connectivity index (χ0) is 19.5. The number of hydrogen-bond acceptors (Lipinski definition) is 4. The lowest BCUT2D eigenvalue weighted by molar-refractivity contribution is -0.122. The average Bonchev–Trinajstić information content (AvgIpc) is 3.11. The largest absolute Gasteiger partial charge is 0.485 e. The number of para-hydroxylation sites is 2. The number of nitrogens with one attached hydrogen (secondary N) is 2. The fourth-order valence-electron chi connectivity index (χ4n) is 3.29. The summed E-state index contributed by atoms with van der Waals surface area (Å²) in [5, 5.41) is 5.15. The SMILES string of the molecule is C[C@@H]1Oc2ccccc2C=C1/C=N\NC(=O)[C@@H](N)Cc1c[nH]c2ccccc12. The first-order valence-corrected chi connectivity index (χ1v) is 9.22. The van der Waals surface area contributed by atoms with Crippen LogP contribution < -0.4 is 15.9 Å². The highest BCUT2D eigenvalue weighted by molar-refractivity contribution is 5.90. The molecule has 2 atom stereocenters. The predicted octanol–water partition coefficient (Wildman–Crippen LogP) is 3.00. The third kappa shape index (κ3) is 3.68. The van der Waals surface area contributed by atoms with Crippen molar-refractivity contribution in [2.24, 2.45) is 10.8 Å². The number of rotatable bonds is 5. The third-order valence-corrected chi connectivity index (χ3v) is 4.85. The Morgan fingerprint density at radius 1 is 1.29 bits per heavy atom. The fourth-order valence-corrected chi connectivity index (χ4v) is 3.29. The molecule has 3 aromatic rings. The number of aromatic nitrogens is 1. The van der Waals surface area contributed by atoms with Crippen LogP contribution in [0.3, 0.4) is 0 Å². The quantitative estimate of drug-likeness (QED) is 0.473. The van der Waals surface area contributed by atoms with Crippen LogP contribution in [0.15, 0.2) is 65.4 Å². The molecule has 1 aliphatic heterocycles. The summed E-state index contributed by atoms with van der Waals surface area (Å²) in [5.41, 5.74) is 12.5. The van der Waals surface area contributed by atoms with Crippen LogP contribution in [0.4, 0.5) is 0 Å². The first-order valence-electron chi connectivity index (χ1n) is 9.22. The van der Waals surface area contributed by atoms with Gasteiger partial charge in [0.15, 0.2) is 0 Å². The molecule has 142 valence electrons. The van der Waals surface area contributed by atoms with E-state index in [2.05, 4.69) is 15.5 Å². The molecule has 1 amide bonds. The minimum atomic E-state index is -0.689. The number of benzene rings is 2. The number of carbonyl (C=O) groups is 1. The van der Waals surface area contributed by atoms with E-state index in [1.54, 1.807) is 6.21 Å². The predicted molar refractivity (Wildman–Crippen MR) is 111 cm³/mol. The summed E-state index contributed by atoms with van der Waals surface area (Å²) in [6.07, 6.45) is 5.79. The van der Waals surface area contributed by atoms with Crippen molar-refractivity contribution in [3.05, 3.63) is 71.4 Å². The topological polar surface area (TPSA) is 92.5 Å². The van der Waals surface area contributed by atoms with E-state index in [-0.39, 0.29) is 12.0 Å². The molecule has 0 saturated heterocycles. The van der Waals surface area contributed by atoms with Gasteiger partial charge in [0, 0.05) is 28.2 Å². The van der Waals surface area contributed by atoms with Crippen LogP contribution in [0.1, 0.15) is 18.1 Å². The summed E-state index contributed by atoms with van der Waals surface area (Å²) >= 11 is 0. The van der Waals surface area contributed by atoms with Gasteiger partial charge in [0.1, 0.15) is 11.9 Å². The van der Waals surface area contributed by atoms with Crippen LogP contribution in [0.5, 0.6) is 5.75 Å². The number of hydrogen-bond donors (Lipinski definition) is 3. The van der Waals surface area contributed by atoms with E-state index in [9.17, 15) is 4.79 Å². The van der Waals surface area contributed by atoms with E-state index in [0.717, 1.165) is 33.4 Å². The number of carbonyl (C=O) groups excluding carboxylic acids is 1. The van der Waals surface area contributed by atoms with Crippen molar-refractivity contribution in [2.45, 2.75) is 25.5 Å². The summed E-state index contributed by atoms with van der Waals surface area (Å²) in [6, 6.07) is 15.1. The number of ether oxygens (including phenoxy) is 1. The minimum absolute atomic E-state index is 0.143. The van der Waals surface area contributed by atoms with Crippen molar-refractivity contribution in [3.63, 3.8) is 0 Å². The van der Waals surface area contributed by atoms with E-state index in [4.69, 9.17) is 10.5 Å². The van der Waals surface area contributed by atoms with Crippen molar-refractivity contribution in [1.82, 2.24) is 10.4 Å². The number of amides is 1. The van der Waals surface area contributed by atoms with Crippen LogP contribution in [-0.2, 0) is 11.2 Å². The van der Waals surface area contributed by atoms with E-state index >= 15 is 0 Å². The van der Waals surface area contributed by atoms with E-state index in [0.29, 0.717) is 6.42 Å². The molecule has 0 saturated carbocycles. The molecule has 1 aromatic heterocycles. The van der Waals surface area contributed by atoms with E-state index in [1.165, 1.54) is 0 Å². The molecule has 6 nitrogen and oxygen atoms in total. The Bertz CT molecular complexity index is 1070. The van der Waals surface area contributed by atoms with E-state index in [1.807, 2.05) is 67.7 Å². The minimum Gasteiger partial charge on any atom is -0.485 e. The number of nitrogens with two attached hydrogens (primary N) is 1. The van der Waals surface area contributed by atoms with Crippen LogP contribution in [0.2, 0.25) is 0 Å². The zero-order valence-electron chi connectivity index (χ0n) is 15.6. The van der Waals surface area contributed by atoms with Gasteiger partial charge in [-0.25, -0.2) is 5.43 Å². The van der Waals surface area contributed by atoms with Crippen molar-refractivity contribution in [3.8, 4) is 5.75 Å². The van der Waals surface area contributed by atoms with Gasteiger partial charge in [-0.15, -0.1) is 0 Å². The van der Waals surface area contributed by atoms with Gasteiger partial charge < -0.3 is 15.5 Å². The van der Waals surface area contributed by atoms with Crippen LogP contribution in [0, 0.1) is 0 Å². The number of hydrazone groups is 1. The Hall–Kier alpha value is -3.38. The lowest BCUT2D eigenvalue weighted by Crippen LogP contribution is -2.40. The monoisotopic (exact) mass is 374 g/mol. The molecule has 0 bridgehead atoms. The number of nitrogens with zero attached hydrogens (tertiary/aromatic N) is 1. The van der Waals surface area contributed by atoms with Gasteiger partial charge in [-0.3, -0.25) is 4.79 Å². The number of aromatic amines is 1. The molecular weight excluding hydrogens is 352 g/mol. The molecule has 2 aromatic carbocycles. The maximum absolute atomic E-state index is 12.3. The van der Waals surface area contributed by atoms with Crippen LogP contribution >= 0.6 is 0 Å². The molecule has 0 fully saturated rings. The Morgan fingerprint density at radius 2 is 2.07 bits per heavy atom. The first-order chi connectivity index (χ1) is 13.6. The van der Waals surface area contributed by atoms with Crippen molar-refractivity contribution in [2.75, 3.05) is 0 Å². The highest BCUT2D eigenvalue weighted by Crippen LogP contribution is 2.28. The van der Waals surface area contributed by atoms with Crippen LogP contribution in [0.25, 0.3) is 17.0 Å². The molecule has 6 heteroatoms. The molecule has 4 N–H and O–H groups in total. The smallest absolute Gasteiger partial charge is 0.257 e. The number of fused-ring (bicyclic) bond motifs is 2. The Kier molecular flexibility index (Phi) is 4.95. The lowest BCUT2D eigenvalue weighted by Gasteiger charge is -2.22. The summed E-state index contributed by atoms with van der Waals surface area (Å²) < 4.78 is 5.86. The Labute approximate surface area is 163 Å². The second-order valence-electron chi connectivity index (χ2n) is 6.85. The summed E-state index contributed by atoms with van der Waals surface area (Å²) in [4.78, 5) is 15.5. The molecule has 4 rings (SSSR count). The molecule has 2 heterocycles. The van der Waals surface area contributed by atoms with Gasteiger partial charge in [-0.2, -0.15) is 5.10 Å². The van der Waals surface area contributed by atoms with Gasteiger partial charge in [-0.05, 0) is 37.1 Å². The Balaban J connectivity index is 1.39. The second-order valence-corrected chi connectivity index (χ2v) is 6.85. The highest BCUT2D eigenvalue weighted by Gasteiger charge is 2.18. The number of H-pyrrole nitrogens is 1. The van der Waals surface area contributed by atoms with Gasteiger partial charge in [0.05, 0.1) is 12.3 Å². The van der Waals surface area contributed by atoms with Crippen molar-refractivity contribution >= 4 is 29.1 Å². The normalized spacial score (nSPS) is 17.1. The summed E-state index contributed by atoms with van der Waals surface area (Å²) in [7, 11) is 0. The first kappa shape index (κ1) is 18.0. The zero-order valence-corrected chi connectivity index (χ0v) is 15.6. The van der Waals surface area contributed by atoms with Gasteiger partial charge in [0.2, 0.25) is 0 Å². The molecule has 0 unspecified atom stereocenters. The average molecular weight is 374 g/mol. The molecule has 0 spiro atoms. The summed E-state index contributed by atoms with van der Waals surface area (Å²) in [6.45, 7) is 1.94. The van der Waals surface area contributed by atoms with Gasteiger partial charge in [0.25, 0.3) is 5.91 Å². The van der Waals surface area contributed by atoms with Gasteiger partial charge in [-0.1, -0.05) is 36.4 Å². The maximum atomic E-state index is 12.3. The van der Waals surface area contributed by atoms with Crippen molar-refractivity contribution < 1.29 is 9.53 Å². The van der Waals surface area contributed by atoms with Gasteiger partial charge >= 0.3 is 0 Å². The Morgan fingerprint density at radius 3 is 2.96 bits per heavy atom. The van der Waals surface area contributed by atoms with E-state index < -0.39 is 6.04 Å². The second kappa shape index (κ2) is 7.70. The standard InChI is InChI=1S/C22H22N4O2/c1-14-16(10-15-6-2-5-9-21(15)28-14)13-25-26-22(27)19(23)11-17-12-24-20-8-4-3-7-18(17)20/h2-10,12-14,19,24H,11,23H2,1H3,(H,26,27)/b25-13-/t14-,19-/m0/s1. The molecular formula is C22H22N4O2. The molecule has 0 radical (unpaired) electrons. The molecule has 1 aliphatic rings. The molecule has 28 heavy (non-hydrogen) atoms. The summed E-state index contributed by atoms with van der Waals surface area (Å²) in [5.74, 6) is 0.517. The molecule has 0 aliphatic carbocycles. The van der Waals surface area contributed by atoms with Crippen LogP contribution in [-0.4, -0.2) is 29.3 Å².